The van der Waals surface area contributed by atoms with Crippen molar-refractivity contribution in [2.45, 2.75) is 6.10 Å². The van der Waals surface area contributed by atoms with Crippen LogP contribution in [0.15, 0.2) is 85.1 Å². The lowest BCUT2D eigenvalue weighted by Gasteiger charge is -2.20. The summed E-state index contributed by atoms with van der Waals surface area (Å²) in [7, 11) is 0. The minimum atomic E-state index is -0.980. The van der Waals surface area contributed by atoms with E-state index in [1.165, 1.54) is 0 Å². The largest absolute Gasteiger partial charge is 0.476 e. The summed E-state index contributed by atoms with van der Waals surface area (Å²) in [6.45, 7) is 0. The highest BCUT2D eigenvalue weighted by molar-refractivity contribution is 6.37. The number of rotatable bonds is 7. The first kappa shape index (κ1) is 22.5. The number of nitrogens with one attached hydrogen (secondary N) is 3. The van der Waals surface area contributed by atoms with E-state index in [9.17, 15) is 4.79 Å². The molecule has 8 heteroatoms. The summed E-state index contributed by atoms with van der Waals surface area (Å²) < 4.78 is 6.03. The standard InChI is InChI=1S/C25H20Cl2N4O2/c26-19-14-22(20(27)13-18(19)21-10-5-11-30-21)31-25(32)23(15-6-2-1-3-7-15)33-17-9-4-8-16(12-17)24(28)29/h1-14,23,30H,(H3,28,29)(H,31,32). The Bertz CT molecular complexity index is 1290. The molecule has 1 heterocycles. The van der Waals surface area contributed by atoms with Crippen LogP contribution in [0, 0.1) is 5.41 Å². The van der Waals surface area contributed by atoms with E-state index in [2.05, 4.69) is 10.3 Å². The number of amides is 1. The number of benzene rings is 3. The molecule has 1 amide bonds. The average Bonchev–Trinajstić information content (AvgIpc) is 3.35. The molecule has 4 rings (SSSR count). The fourth-order valence-corrected chi connectivity index (χ4v) is 3.80. The lowest BCUT2D eigenvalue weighted by molar-refractivity contribution is -0.123. The normalized spacial score (nSPS) is 11.6. The zero-order chi connectivity index (χ0) is 23.4. The molecule has 0 saturated carbocycles. The van der Waals surface area contributed by atoms with Gasteiger partial charge in [0, 0.05) is 28.6 Å². The number of H-pyrrole nitrogens is 1. The molecule has 0 aliphatic carbocycles. The predicted molar refractivity (Wildman–Crippen MR) is 132 cm³/mol. The maximum absolute atomic E-state index is 13.3. The number of aromatic nitrogens is 1. The van der Waals surface area contributed by atoms with Gasteiger partial charge >= 0.3 is 0 Å². The van der Waals surface area contributed by atoms with Gasteiger partial charge in [0.05, 0.1) is 15.7 Å². The number of ether oxygens (including phenoxy) is 1. The number of nitrogens with two attached hydrogens (primary N) is 1. The van der Waals surface area contributed by atoms with Crippen LogP contribution in [-0.2, 0) is 4.79 Å². The van der Waals surface area contributed by atoms with Gasteiger partial charge in [-0.25, -0.2) is 0 Å². The van der Waals surface area contributed by atoms with Gasteiger partial charge in [0.25, 0.3) is 5.91 Å². The molecule has 1 atom stereocenters. The number of amidine groups is 1. The van der Waals surface area contributed by atoms with Crippen LogP contribution < -0.4 is 15.8 Å². The summed E-state index contributed by atoms with van der Waals surface area (Å²) >= 11 is 12.9. The van der Waals surface area contributed by atoms with Gasteiger partial charge in [-0.05, 0) is 36.4 Å². The van der Waals surface area contributed by atoms with Crippen molar-refractivity contribution in [2.75, 3.05) is 5.32 Å². The molecule has 0 saturated heterocycles. The van der Waals surface area contributed by atoms with Gasteiger partial charge in [-0.1, -0.05) is 65.7 Å². The van der Waals surface area contributed by atoms with E-state index in [-0.39, 0.29) is 5.84 Å². The molecule has 0 spiro atoms. The third-order valence-electron chi connectivity index (χ3n) is 4.94. The van der Waals surface area contributed by atoms with Crippen LogP contribution in [-0.4, -0.2) is 16.7 Å². The third-order valence-corrected chi connectivity index (χ3v) is 5.57. The highest BCUT2D eigenvalue weighted by Gasteiger charge is 2.24. The first-order chi connectivity index (χ1) is 15.9. The second-order valence-electron chi connectivity index (χ2n) is 7.24. The van der Waals surface area contributed by atoms with Crippen molar-refractivity contribution >= 4 is 40.6 Å². The average molecular weight is 479 g/mol. The molecule has 0 aliphatic heterocycles. The molecule has 4 aromatic rings. The Labute approximate surface area is 200 Å². The van der Waals surface area contributed by atoms with Gasteiger partial charge in [-0.2, -0.15) is 0 Å². The van der Waals surface area contributed by atoms with Crippen LogP contribution in [0.5, 0.6) is 5.75 Å². The van der Waals surface area contributed by atoms with E-state index in [0.717, 1.165) is 11.3 Å². The van der Waals surface area contributed by atoms with Crippen LogP contribution in [0.2, 0.25) is 10.0 Å². The molecule has 0 fully saturated rings. The van der Waals surface area contributed by atoms with Crippen molar-refractivity contribution in [3.63, 3.8) is 0 Å². The summed E-state index contributed by atoms with van der Waals surface area (Å²) in [6.07, 6.45) is 0.810. The first-order valence-corrected chi connectivity index (χ1v) is 10.8. The molecule has 0 radical (unpaired) electrons. The molecule has 1 unspecified atom stereocenters. The zero-order valence-electron chi connectivity index (χ0n) is 17.3. The number of carbonyl (C=O) groups excluding carboxylic acids is 1. The summed E-state index contributed by atoms with van der Waals surface area (Å²) in [5.41, 5.74) is 8.63. The van der Waals surface area contributed by atoms with E-state index < -0.39 is 12.0 Å². The van der Waals surface area contributed by atoms with E-state index in [4.69, 9.17) is 39.1 Å². The van der Waals surface area contributed by atoms with Crippen molar-refractivity contribution < 1.29 is 9.53 Å². The van der Waals surface area contributed by atoms with Gasteiger partial charge in [0.2, 0.25) is 6.10 Å². The zero-order valence-corrected chi connectivity index (χ0v) is 18.8. The number of halogens is 2. The summed E-state index contributed by atoms with van der Waals surface area (Å²) in [5.74, 6) is -0.123. The van der Waals surface area contributed by atoms with Gasteiger partial charge < -0.3 is 20.8 Å². The van der Waals surface area contributed by atoms with Crippen molar-refractivity contribution in [2.24, 2.45) is 5.73 Å². The lowest BCUT2D eigenvalue weighted by Crippen LogP contribution is -2.26. The van der Waals surface area contributed by atoms with Crippen molar-refractivity contribution in [3.8, 4) is 17.0 Å². The van der Waals surface area contributed by atoms with Crippen LogP contribution >= 0.6 is 23.2 Å². The molecule has 0 aliphatic rings. The van der Waals surface area contributed by atoms with E-state index in [1.54, 1.807) is 54.7 Å². The molecule has 1 aromatic heterocycles. The molecule has 3 aromatic carbocycles. The molecular formula is C25H20Cl2N4O2. The SMILES string of the molecule is N=C(N)c1cccc(OC(C(=O)Nc2cc(Cl)c(-c3ccc[nH]3)cc2Cl)c2ccccc2)c1. The molecular weight excluding hydrogens is 459 g/mol. The van der Waals surface area contributed by atoms with E-state index in [1.807, 2.05) is 30.3 Å². The summed E-state index contributed by atoms with van der Waals surface area (Å²) in [5, 5.41) is 11.2. The van der Waals surface area contributed by atoms with E-state index in [0.29, 0.717) is 32.6 Å². The fourth-order valence-electron chi connectivity index (χ4n) is 3.32. The summed E-state index contributed by atoms with van der Waals surface area (Å²) in [4.78, 5) is 16.4. The Balaban J connectivity index is 1.63. The third kappa shape index (κ3) is 5.19. The Kier molecular flexibility index (Phi) is 6.68. The highest BCUT2D eigenvalue weighted by atomic mass is 35.5. The molecule has 33 heavy (non-hydrogen) atoms. The van der Waals surface area contributed by atoms with Crippen molar-refractivity contribution in [1.29, 1.82) is 5.41 Å². The smallest absolute Gasteiger partial charge is 0.270 e. The highest BCUT2D eigenvalue weighted by Crippen LogP contribution is 2.35. The Morgan fingerprint density at radius 2 is 1.76 bits per heavy atom. The van der Waals surface area contributed by atoms with Crippen LogP contribution in [0.25, 0.3) is 11.3 Å². The van der Waals surface area contributed by atoms with E-state index >= 15 is 0 Å². The second-order valence-corrected chi connectivity index (χ2v) is 8.05. The van der Waals surface area contributed by atoms with Crippen LogP contribution in [0.4, 0.5) is 5.69 Å². The predicted octanol–water partition coefficient (Wildman–Crippen LogP) is 6.03. The molecule has 166 valence electrons. The van der Waals surface area contributed by atoms with Gasteiger partial charge in [0.1, 0.15) is 11.6 Å². The minimum Gasteiger partial charge on any atom is -0.476 e. The minimum absolute atomic E-state index is 0.0928. The maximum atomic E-state index is 13.3. The van der Waals surface area contributed by atoms with Crippen LogP contribution in [0.3, 0.4) is 0 Å². The van der Waals surface area contributed by atoms with Gasteiger partial charge in [-0.15, -0.1) is 0 Å². The maximum Gasteiger partial charge on any atom is 0.270 e. The lowest BCUT2D eigenvalue weighted by atomic mass is 10.1. The Hall–Kier alpha value is -3.74. The number of nitrogen functional groups attached to an aromatic ring is 1. The van der Waals surface area contributed by atoms with Gasteiger partial charge in [0.15, 0.2) is 0 Å². The number of hydrogen-bond acceptors (Lipinski definition) is 3. The summed E-state index contributed by atoms with van der Waals surface area (Å²) in [6, 6.07) is 22.8. The fraction of sp³-hybridized carbons (Fsp3) is 0.0400. The molecule has 5 N–H and O–H groups in total. The number of hydrogen-bond donors (Lipinski definition) is 4. The molecule has 6 nitrogen and oxygen atoms in total. The van der Waals surface area contributed by atoms with Crippen molar-refractivity contribution in [1.82, 2.24) is 4.98 Å². The Morgan fingerprint density at radius 3 is 2.45 bits per heavy atom. The quantitative estimate of drug-likeness (QED) is 0.192. The molecule has 0 bridgehead atoms. The monoisotopic (exact) mass is 478 g/mol. The number of aromatic amines is 1. The first-order valence-electron chi connectivity index (χ1n) is 10.0. The van der Waals surface area contributed by atoms with Crippen molar-refractivity contribution in [3.05, 3.63) is 106 Å². The Morgan fingerprint density at radius 1 is 0.970 bits per heavy atom. The van der Waals surface area contributed by atoms with Crippen LogP contribution in [0.1, 0.15) is 17.2 Å². The van der Waals surface area contributed by atoms with Gasteiger partial charge in [-0.3, -0.25) is 10.2 Å². The number of carbonyl (C=O) groups is 1. The number of anilines is 1. The topological polar surface area (TPSA) is 104 Å². The second kappa shape index (κ2) is 9.81.